The molecular formula is C36H52N6O8. The third-order valence-corrected chi connectivity index (χ3v) is 7.79. The van der Waals surface area contributed by atoms with Crippen molar-refractivity contribution in [2.45, 2.75) is 130 Å². The van der Waals surface area contributed by atoms with Gasteiger partial charge in [-0.2, -0.15) is 4.90 Å². The molecule has 0 saturated heterocycles. The molecular weight excluding hydrogens is 644 g/mol. The van der Waals surface area contributed by atoms with E-state index in [1.807, 2.05) is 19.1 Å². The topological polar surface area (TPSA) is 170 Å². The van der Waals surface area contributed by atoms with Crippen molar-refractivity contribution in [3.05, 3.63) is 35.2 Å². The van der Waals surface area contributed by atoms with Crippen molar-refractivity contribution in [2.75, 3.05) is 23.4 Å². The fourth-order valence-corrected chi connectivity index (χ4v) is 5.93. The number of aryl methyl sites for hydroxylation is 1. The van der Waals surface area contributed by atoms with Crippen molar-refractivity contribution < 1.29 is 38.1 Å². The summed E-state index contributed by atoms with van der Waals surface area (Å²) in [7, 11) is 0. The third kappa shape index (κ3) is 9.75. The highest BCUT2D eigenvalue weighted by Gasteiger charge is 2.44. The lowest BCUT2D eigenvalue weighted by Crippen LogP contribution is -2.44. The van der Waals surface area contributed by atoms with Crippen molar-refractivity contribution in [2.24, 2.45) is 0 Å². The highest BCUT2D eigenvalue weighted by Crippen LogP contribution is 2.45. The minimum atomic E-state index is -1.02. The Bertz CT molecular complexity index is 1570. The van der Waals surface area contributed by atoms with Crippen molar-refractivity contribution in [3.8, 4) is 5.75 Å². The fourth-order valence-electron chi connectivity index (χ4n) is 5.93. The normalized spacial score (nSPS) is 15.4. The quantitative estimate of drug-likeness (QED) is 0.186. The summed E-state index contributed by atoms with van der Waals surface area (Å²) in [6.45, 7) is 17.5. The van der Waals surface area contributed by atoms with Crippen LogP contribution in [0.2, 0.25) is 0 Å². The van der Waals surface area contributed by atoms with Crippen molar-refractivity contribution in [1.82, 2.24) is 20.6 Å². The Balaban J connectivity index is 1.73. The first-order valence-electron chi connectivity index (χ1n) is 17.1. The van der Waals surface area contributed by atoms with Crippen LogP contribution in [0.5, 0.6) is 5.75 Å². The second-order valence-electron chi connectivity index (χ2n) is 15.7. The zero-order valence-electron chi connectivity index (χ0n) is 31.0. The SMILES string of the molecule is Cc1cc(Nc2ncnc(N(C(=O)OC(C)(C)C)C(=O)OC(C)(C)C)c2OCCCNC(=O)OC(C)(C)C)cc2c1C(=O)NC21CCCCC1. The van der Waals surface area contributed by atoms with E-state index in [0.29, 0.717) is 22.6 Å². The average Bonchev–Trinajstić information content (AvgIpc) is 3.21. The van der Waals surface area contributed by atoms with Crippen LogP contribution in [0.25, 0.3) is 0 Å². The fraction of sp³-hybridized carbons (Fsp3) is 0.611. The molecule has 0 radical (unpaired) electrons. The monoisotopic (exact) mass is 696 g/mol. The van der Waals surface area contributed by atoms with Gasteiger partial charge < -0.3 is 34.9 Å². The second-order valence-corrected chi connectivity index (χ2v) is 15.7. The number of carbonyl (C=O) groups is 4. The van der Waals surface area contributed by atoms with Crippen LogP contribution in [-0.2, 0) is 19.7 Å². The molecule has 1 aliphatic carbocycles. The van der Waals surface area contributed by atoms with Gasteiger partial charge in [-0.05, 0) is 112 Å². The summed E-state index contributed by atoms with van der Waals surface area (Å²) in [6.07, 6.45) is 3.75. The Morgan fingerprint density at radius 1 is 0.880 bits per heavy atom. The first kappa shape index (κ1) is 38.2. The van der Waals surface area contributed by atoms with Crippen LogP contribution in [-0.4, -0.2) is 64.1 Å². The predicted octanol–water partition coefficient (Wildman–Crippen LogP) is 7.40. The number of aromatic nitrogens is 2. The van der Waals surface area contributed by atoms with E-state index in [4.69, 9.17) is 18.9 Å². The van der Waals surface area contributed by atoms with E-state index < -0.39 is 40.6 Å². The molecule has 4 rings (SSSR count). The molecule has 2 aromatic rings. The van der Waals surface area contributed by atoms with Crippen LogP contribution in [0, 0.1) is 6.92 Å². The number of rotatable bonds is 8. The van der Waals surface area contributed by atoms with E-state index in [2.05, 4.69) is 25.9 Å². The van der Waals surface area contributed by atoms with Crippen LogP contribution in [0.1, 0.15) is 122 Å². The number of fused-ring (bicyclic) bond motifs is 2. The van der Waals surface area contributed by atoms with Gasteiger partial charge in [0.1, 0.15) is 23.1 Å². The minimum absolute atomic E-state index is 0.0266. The number of hydrogen-bond donors (Lipinski definition) is 3. The van der Waals surface area contributed by atoms with Crippen molar-refractivity contribution in [1.29, 1.82) is 0 Å². The number of ether oxygens (including phenoxy) is 4. The Labute approximate surface area is 294 Å². The van der Waals surface area contributed by atoms with E-state index in [1.54, 1.807) is 62.3 Å². The van der Waals surface area contributed by atoms with Crippen LogP contribution in [0.15, 0.2) is 18.5 Å². The highest BCUT2D eigenvalue weighted by molar-refractivity contribution is 6.10. The summed E-state index contributed by atoms with van der Waals surface area (Å²) in [5, 5.41) is 9.24. The van der Waals surface area contributed by atoms with Gasteiger partial charge in [-0.25, -0.2) is 24.4 Å². The van der Waals surface area contributed by atoms with Crippen LogP contribution in [0.3, 0.4) is 0 Å². The Hall–Kier alpha value is -4.62. The third-order valence-electron chi connectivity index (χ3n) is 7.79. The minimum Gasteiger partial charge on any atom is -0.486 e. The van der Waals surface area contributed by atoms with Crippen LogP contribution in [0.4, 0.5) is 31.7 Å². The second kappa shape index (κ2) is 14.7. The molecule has 50 heavy (non-hydrogen) atoms. The lowest BCUT2D eigenvalue weighted by atomic mass is 9.77. The molecule has 0 unspecified atom stereocenters. The Morgan fingerprint density at radius 3 is 2.06 bits per heavy atom. The molecule has 274 valence electrons. The molecule has 14 nitrogen and oxygen atoms in total. The molecule has 1 spiro atoms. The summed E-state index contributed by atoms with van der Waals surface area (Å²) >= 11 is 0. The molecule has 2 aliphatic rings. The summed E-state index contributed by atoms with van der Waals surface area (Å²) in [5.41, 5.74) is 0.0258. The zero-order valence-corrected chi connectivity index (χ0v) is 31.0. The predicted molar refractivity (Wildman–Crippen MR) is 188 cm³/mol. The van der Waals surface area contributed by atoms with E-state index >= 15 is 0 Å². The van der Waals surface area contributed by atoms with Gasteiger partial charge in [0.05, 0.1) is 12.1 Å². The number of nitrogens with one attached hydrogen (secondary N) is 3. The van der Waals surface area contributed by atoms with Gasteiger partial charge in [-0.3, -0.25) is 4.79 Å². The molecule has 2 heterocycles. The molecule has 1 aliphatic heterocycles. The van der Waals surface area contributed by atoms with Gasteiger partial charge in [0.15, 0.2) is 11.6 Å². The Kier molecular flexibility index (Phi) is 11.2. The molecule has 0 bridgehead atoms. The summed E-state index contributed by atoms with van der Waals surface area (Å²) in [6, 6.07) is 3.79. The molecule has 1 saturated carbocycles. The van der Waals surface area contributed by atoms with Gasteiger partial charge >= 0.3 is 18.3 Å². The lowest BCUT2D eigenvalue weighted by molar-refractivity contribution is 0.0423. The van der Waals surface area contributed by atoms with Crippen LogP contribution >= 0.6 is 0 Å². The van der Waals surface area contributed by atoms with Gasteiger partial charge in [-0.1, -0.05) is 19.3 Å². The van der Waals surface area contributed by atoms with Gasteiger partial charge in [0.25, 0.3) is 5.91 Å². The molecule has 14 heteroatoms. The lowest BCUT2D eigenvalue weighted by Gasteiger charge is -2.34. The highest BCUT2D eigenvalue weighted by atomic mass is 16.6. The number of imide groups is 1. The number of anilines is 3. The molecule has 0 atom stereocenters. The van der Waals surface area contributed by atoms with E-state index in [9.17, 15) is 19.2 Å². The summed E-state index contributed by atoms with van der Waals surface area (Å²) in [4.78, 5) is 62.0. The molecule has 4 amide bonds. The first-order chi connectivity index (χ1) is 23.2. The summed E-state index contributed by atoms with van der Waals surface area (Å²) < 4.78 is 22.7. The first-order valence-corrected chi connectivity index (χ1v) is 17.1. The number of nitrogens with zero attached hydrogens (tertiary/aromatic N) is 3. The van der Waals surface area contributed by atoms with E-state index in [0.717, 1.165) is 43.2 Å². The van der Waals surface area contributed by atoms with Gasteiger partial charge in [0.2, 0.25) is 5.75 Å². The van der Waals surface area contributed by atoms with Crippen LogP contribution < -0.4 is 25.6 Å². The summed E-state index contributed by atoms with van der Waals surface area (Å²) in [5.74, 6) is -0.156. The molecule has 1 aromatic carbocycles. The number of carbonyl (C=O) groups excluding carboxylic acids is 4. The number of hydrogen-bond acceptors (Lipinski definition) is 11. The van der Waals surface area contributed by atoms with E-state index in [-0.39, 0.29) is 36.4 Å². The van der Waals surface area contributed by atoms with Gasteiger partial charge in [0, 0.05) is 17.8 Å². The smallest absolute Gasteiger partial charge is 0.425 e. The molecule has 1 fully saturated rings. The maximum atomic E-state index is 13.6. The number of benzene rings is 1. The maximum absolute atomic E-state index is 13.6. The molecule has 1 aromatic heterocycles. The Morgan fingerprint density at radius 2 is 1.48 bits per heavy atom. The molecule has 3 N–H and O–H groups in total. The standard InChI is InChI=1S/C36H52N6O8/c1-22-19-23(20-24-25(22)29(43)41-36(24)15-12-11-13-16-36)40-27-26(47-18-14-17-37-30(44)48-33(2,3)4)28(39-21-38-27)42(31(45)49-34(5,6)7)32(46)50-35(8,9)10/h19-21H,11-18H2,1-10H3,(H,37,44)(H,41,43)(H,38,39,40). The largest absolute Gasteiger partial charge is 0.486 e. The van der Waals surface area contributed by atoms with Crippen molar-refractivity contribution in [3.63, 3.8) is 0 Å². The maximum Gasteiger partial charge on any atom is 0.425 e. The van der Waals surface area contributed by atoms with Crippen molar-refractivity contribution >= 4 is 41.5 Å². The van der Waals surface area contributed by atoms with Gasteiger partial charge in [-0.15, -0.1) is 0 Å². The number of amides is 4. The number of alkyl carbamates (subject to hydrolysis) is 1. The average molecular weight is 697 g/mol. The van der Waals surface area contributed by atoms with E-state index in [1.165, 1.54) is 6.33 Å². The zero-order chi connectivity index (χ0) is 37.1.